The maximum atomic E-state index is 5.97. The van der Waals surface area contributed by atoms with Crippen LogP contribution in [0.1, 0.15) is 23.7 Å². The number of ether oxygens (including phenoxy) is 1. The van der Waals surface area contributed by atoms with E-state index < -0.39 is 0 Å². The molecule has 1 aromatic heterocycles. The number of piperazine rings is 1. The van der Waals surface area contributed by atoms with Crippen molar-refractivity contribution in [2.24, 2.45) is 5.92 Å². The van der Waals surface area contributed by atoms with Gasteiger partial charge in [0.2, 0.25) is 5.95 Å². The smallest absolute Gasteiger partial charge is 0.225 e. The molecule has 0 unspecified atom stereocenters. The van der Waals surface area contributed by atoms with Crippen LogP contribution < -0.4 is 10.2 Å². The van der Waals surface area contributed by atoms with Gasteiger partial charge >= 0.3 is 0 Å². The number of benzene rings is 1. The molecule has 144 valence electrons. The summed E-state index contributed by atoms with van der Waals surface area (Å²) in [4.78, 5) is 13.7. The fraction of sp³-hybridized carbons (Fsp3) is 0.524. The molecular weight excluding hydrogens is 338 g/mol. The van der Waals surface area contributed by atoms with Crippen molar-refractivity contribution in [1.29, 1.82) is 0 Å². The molecule has 1 N–H and O–H groups in total. The van der Waals surface area contributed by atoms with E-state index in [4.69, 9.17) is 4.74 Å². The van der Waals surface area contributed by atoms with E-state index in [1.807, 2.05) is 12.4 Å². The molecule has 0 radical (unpaired) electrons. The normalized spacial score (nSPS) is 23.7. The van der Waals surface area contributed by atoms with Crippen LogP contribution in [0.25, 0.3) is 0 Å². The monoisotopic (exact) mass is 367 g/mol. The van der Waals surface area contributed by atoms with Gasteiger partial charge in [0.25, 0.3) is 0 Å². The average molecular weight is 367 g/mol. The Labute approximate surface area is 161 Å². The minimum Gasteiger partial charge on any atom is -0.373 e. The van der Waals surface area contributed by atoms with Crippen LogP contribution in [0.15, 0.2) is 42.7 Å². The molecule has 2 saturated heterocycles. The molecule has 0 spiro atoms. The summed E-state index contributed by atoms with van der Waals surface area (Å²) in [6.07, 6.45) is 5.21. The number of hydrogen-bond acceptors (Lipinski definition) is 6. The fourth-order valence-corrected chi connectivity index (χ4v) is 3.86. The second kappa shape index (κ2) is 8.78. The van der Waals surface area contributed by atoms with E-state index in [9.17, 15) is 0 Å². The Hall–Kier alpha value is -2.02. The Bertz CT molecular complexity index is 700. The average Bonchev–Trinajstić information content (AvgIpc) is 3.18. The molecule has 3 heterocycles. The molecule has 4 rings (SSSR count). The van der Waals surface area contributed by atoms with Crippen LogP contribution in [0.3, 0.4) is 0 Å². The molecule has 6 heteroatoms. The fourth-order valence-electron chi connectivity index (χ4n) is 3.86. The third kappa shape index (κ3) is 4.64. The van der Waals surface area contributed by atoms with Crippen molar-refractivity contribution in [2.75, 3.05) is 51.3 Å². The summed E-state index contributed by atoms with van der Waals surface area (Å²) < 4.78 is 5.97. The summed E-state index contributed by atoms with van der Waals surface area (Å²) in [6, 6.07) is 10.5. The maximum absolute atomic E-state index is 5.97. The number of nitrogens with one attached hydrogen (secondary N) is 1. The van der Waals surface area contributed by atoms with Crippen molar-refractivity contribution in [3.8, 4) is 0 Å². The van der Waals surface area contributed by atoms with Gasteiger partial charge in [0, 0.05) is 69.8 Å². The van der Waals surface area contributed by atoms with Crippen LogP contribution in [0.4, 0.5) is 5.95 Å². The highest BCUT2D eigenvalue weighted by Crippen LogP contribution is 2.33. The lowest BCUT2D eigenvalue weighted by Crippen LogP contribution is -2.45. The van der Waals surface area contributed by atoms with E-state index in [1.54, 1.807) is 0 Å². The number of rotatable bonds is 6. The van der Waals surface area contributed by atoms with Gasteiger partial charge in [-0.15, -0.1) is 0 Å². The van der Waals surface area contributed by atoms with E-state index in [2.05, 4.69) is 62.5 Å². The Morgan fingerprint density at radius 3 is 2.56 bits per heavy atom. The number of hydrogen-bond donors (Lipinski definition) is 1. The van der Waals surface area contributed by atoms with Gasteiger partial charge in [0.05, 0.1) is 6.10 Å². The summed E-state index contributed by atoms with van der Waals surface area (Å²) in [5.74, 6) is 1.36. The number of nitrogens with zero attached hydrogens (tertiary/aromatic N) is 4. The molecule has 0 bridgehead atoms. The lowest BCUT2D eigenvalue weighted by molar-refractivity contribution is 0.0904. The number of anilines is 1. The summed E-state index contributed by atoms with van der Waals surface area (Å²) in [6.45, 7) is 6.71. The first kappa shape index (κ1) is 18.3. The van der Waals surface area contributed by atoms with Crippen LogP contribution in [-0.2, 0) is 11.3 Å². The molecule has 2 fully saturated rings. The van der Waals surface area contributed by atoms with Crippen molar-refractivity contribution < 1.29 is 4.74 Å². The van der Waals surface area contributed by atoms with E-state index in [1.165, 1.54) is 5.56 Å². The third-order valence-corrected chi connectivity index (χ3v) is 5.56. The van der Waals surface area contributed by atoms with Gasteiger partial charge in [-0.2, -0.15) is 0 Å². The summed E-state index contributed by atoms with van der Waals surface area (Å²) in [5.41, 5.74) is 2.41. The lowest BCUT2D eigenvalue weighted by atomic mass is 9.95. The maximum Gasteiger partial charge on any atom is 0.225 e. The molecule has 6 nitrogen and oxygen atoms in total. The predicted octanol–water partition coefficient (Wildman–Crippen LogP) is 2.10. The van der Waals surface area contributed by atoms with Gasteiger partial charge in [-0.25, -0.2) is 9.97 Å². The van der Waals surface area contributed by atoms with Gasteiger partial charge in [-0.1, -0.05) is 30.3 Å². The lowest BCUT2D eigenvalue weighted by Gasteiger charge is -2.32. The molecule has 0 saturated carbocycles. The largest absolute Gasteiger partial charge is 0.373 e. The van der Waals surface area contributed by atoms with Crippen molar-refractivity contribution in [2.45, 2.75) is 19.1 Å². The summed E-state index contributed by atoms with van der Waals surface area (Å²) in [5, 5.41) is 3.57. The minimum atomic E-state index is 0.203. The first-order valence-corrected chi connectivity index (χ1v) is 9.91. The van der Waals surface area contributed by atoms with Crippen LogP contribution in [0.2, 0.25) is 0 Å². The predicted molar refractivity (Wildman–Crippen MR) is 107 cm³/mol. The van der Waals surface area contributed by atoms with Gasteiger partial charge in [-0.05, 0) is 19.0 Å². The Balaban J connectivity index is 1.26. The summed E-state index contributed by atoms with van der Waals surface area (Å²) >= 11 is 0. The van der Waals surface area contributed by atoms with E-state index in [0.717, 1.165) is 63.8 Å². The van der Waals surface area contributed by atoms with Crippen LogP contribution in [0, 0.1) is 5.92 Å². The zero-order valence-corrected chi connectivity index (χ0v) is 16.1. The Morgan fingerprint density at radius 2 is 1.81 bits per heavy atom. The van der Waals surface area contributed by atoms with E-state index in [-0.39, 0.29) is 6.10 Å². The van der Waals surface area contributed by atoms with Gasteiger partial charge in [0.1, 0.15) is 0 Å². The van der Waals surface area contributed by atoms with Crippen LogP contribution >= 0.6 is 0 Å². The molecular formula is C21H29N5O. The van der Waals surface area contributed by atoms with E-state index in [0.29, 0.717) is 5.92 Å². The molecule has 27 heavy (non-hydrogen) atoms. The first-order valence-electron chi connectivity index (χ1n) is 9.91. The highest BCUT2D eigenvalue weighted by molar-refractivity contribution is 5.30. The molecule has 0 aliphatic carbocycles. The zero-order valence-electron chi connectivity index (χ0n) is 16.1. The molecule has 2 aliphatic heterocycles. The molecule has 0 amide bonds. The van der Waals surface area contributed by atoms with E-state index >= 15 is 0 Å². The van der Waals surface area contributed by atoms with Gasteiger partial charge in [-0.3, -0.25) is 0 Å². The zero-order chi connectivity index (χ0) is 18.5. The van der Waals surface area contributed by atoms with Gasteiger partial charge in [0.15, 0.2) is 0 Å². The third-order valence-electron chi connectivity index (χ3n) is 5.56. The van der Waals surface area contributed by atoms with Crippen LogP contribution in [0.5, 0.6) is 0 Å². The highest BCUT2D eigenvalue weighted by atomic mass is 16.5. The SMILES string of the molecule is CN1CCN(c2ncc(CNC[C@H]3CCO[C@@H]3c3ccccc3)cn2)CC1. The second-order valence-electron chi connectivity index (χ2n) is 7.56. The van der Waals surface area contributed by atoms with Crippen molar-refractivity contribution in [1.82, 2.24) is 20.2 Å². The summed E-state index contributed by atoms with van der Waals surface area (Å²) in [7, 11) is 2.16. The quantitative estimate of drug-likeness (QED) is 0.844. The van der Waals surface area contributed by atoms with Gasteiger partial charge < -0.3 is 19.9 Å². The Morgan fingerprint density at radius 1 is 1.07 bits per heavy atom. The molecule has 2 atom stereocenters. The molecule has 2 aliphatic rings. The second-order valence-corrected chi connectivity index (χ2v) is 7.56. The standard InChI is InChI=1S/C21H29N5O/c1-25-8-10-26(11-9-25)21-23-14-17(15-24-21)13-22-16-19-7-12-27-20(19)18-5-3-2-4-6-18/h2-6,14-15,19-20,22H,7-13,16H2,1H3/t19-,20-/m1/s1. The molecule has 1 aromatic carbocycles. The van der Waals surface area contributed by atoms with Crippen molar-refractivity contribution >= 4 is 5.95 Å². The Kier molecular flexibility index (Phi) is 5.97. The topological polar surface area (TPSA) is 53.5 Å². The van der Waals surface area contributed by atoms with Crippen molar-refractivity contribution in [3.63, 3.8) is 0 Å². The first-order chi connectivity index (χ1) is 13.3. The molecule has 2 aromatic rings. The highest BCUT2D eigenvalue weighted by Gasteiger charge is 2.29. The number of likely N-dealkylation sites (N-methyl/N-ethyl adjacent to an activating group) is 1. The minimum absolute atomic E-state index is 0.203. The van der Waals surface area contributed by atoms with Crippen LogP contribution in [-0.4, -0.2) is 61.2 Å². The number of aromatic nitrogens is 2. The van der Waals surface area contributed by atoms with Crippen molar-refractivity contribution in [3.05, 3.63) is 53.9 Å².